The normalized spacial score (nSPS) is 11.9. The Morgan fingerprint density at radius 1 is 1.30 bits per heavy atom. The fourth-order valence-electron chi connectivity index (χ4n) is 0.500. The van der Waals surface area contributed by atoms with Crippen LogP contribution in [0.1, 0.15) is 13.8 Å². The van der Waals surface area contributed by atoms with Crippen molar-refractivity contribution in [1.82, 2.24) is 0 Å². The molecule has 0 spiro atoms. The minimum atomic E-state index is -3.37. The van der Waals surface area contributed by atoms with E-state index in [1.807, 2.05) is 0 Å². The van der Waals surface area contributed by atoms with E-state index in [0.717, 1.165) is 0 Å². The molecule has 0 aromatic rings. The van der Waals surface area contributed by atoms with Gasteiger partial charge in [0, 0.05) is 0 Å². The van der Waals surface area contributed by atoms with Gasteiger partial charge in [-0.2, -0.15) is 0 Å². The van der Waals surface area contributed by atoms with Crippen molar-refractivity contribution in [2.45, 2.75) is 13.8 Å². The Labute approximate surface area is 60.1 Å². The SMILES string of the molecule is CCOP(=O)(CF)OCC. The quantitative estimate of drug-likeness (QED) is 0.593. The van der Waals surface area contributed by atoms with Gasteiger partial charge >= 0.3 is 7.60 Å². The van der Waals surface area contributed by atoms with Crippen LogP contribution < -0.4 is 0 Å². The molecule has 62 valence electrons. The Hall–Kier alpha value is 0.0800. The lowest BCUT2D eigenvalue weighted by Crippen LogP contribution is -1.96. The summed E-state index contributed by atoms with van der Waals surface area (Å²) in [4.78, 5) is 0. The highest BCUT2D eigenvalue weighted by atomic mass is 31.2. The molecule has 0 heterocycles. The maximum absolute atomic E-state index is 11.9. The Balaban J connectivity index is 3.83. The Morgan fingerprint density at radius 3 is 1.90 bits per heavy atom. The molecule has 5 heteroatoms. The van der Waals surface area contributed by atoms with Gasteiger partial charge < -0.3 is 9.05 Å². The monoisotopic (exact) mass is 170 g/mol. The summed E-state index contributed by atoms with van der Waals surface area (Å²) in [7, 11) is -3.37. The van der Waals surface area contributed by atoms with Gasteiger partial charge in [-0.05, 0) is 13.8 Å². The molecule has 0 fully saturated rings. The third kappa shape index (κ3) is 3.30. The lowest BCUT2D eigenvalue weighted by Gasteiger charge is -2.11. The van der Waals surface area contributed by atoms with Crippen LogP contribution in [-0.2, 0) is 13.6 Å². The van der Waals surface area contributed by atoms with Crippen molar-refractivity contribution < 1.29 is 18.0 Å². The average molecular weight is 170 g/mol. The molecule has 0 N–H and O–H groups in total. The van der Waals surface area contributed by atoms with Crippen LogP contribution >= 0.6 is 7.60 Å². The Bertz CT molecular complexity index is 118. The molecule has 0 saturated heterocycles. The van der Waals surface area contributed by atoms with E-state index in [0.29, 0.717) is 0 Å². The molecule has 0 atom stereocenters. The Morgan fingerprint density at radius 2 is 1.70 bits per heavy atom. The summed E-state index contributed by atoms with van der Waals surface area (Å²) in [6, 6.07) is 0. The largest absolute Gasteiger partial charge is 0.361 e. The van der Waals surface area contributed by atoms with Crippen LogP contribution in [0.2, 0.25) is 0 Å². The predicted octanol–water partition coefficient (Wildman–Crippen LogP) is 2.18. The topological polar surface area (TPSA) is 35.5 Å². The fourth-order valence-corrected chi connectivity index (χ4v) is 1.50. The maximum Gasteiger partial charge on any atom is 0.361 e. The smallest absolute Gasteiger partial charge is 0.307 e. The van der Waals surface area contributed by atoms with Crippen LogP contribution in [0, 0.1) is 0 Å². The summed E-state index contributed by atoms with van der Waals surface area (Å²) in [6.45, 7) is 3.70. The fraction of sp³-hybridized carbons (Fsp3) is 1.00. The van der Waals surface area contributed by atoms with Crippen LogP contribution in [0.5, 0.6) is 0 Å². The standard InChI is InChI=1S/C5H12FO3P/c1-3-8-10(7,5-6)9-4-2/h3-5H2,1-2H3. The zero-order valence-corrected chi connectivity index (χ0v) is 7.07. The second kappa shape index (κ2) is 4.83. The molecule has 0 aromatic carbocycles. The Kier molecular flexibility index (Phi) is 4.87. The number of halogens is 1. The summed E-state index contributed by atoms with van der Waals surface area (Å²) >= 11 is 0. The van der Waals surface area contributed by atoms with Gasteiger partial charge in [-0.3, -0.25) is 4.57 Å². The highest BCUT2D eigenvalue weighted by Crippen LogP contribution is 2.47. The molecule has 10 heavy (non-hydrogen) atoms. The summed E-state index contributed by atoms with van der Waals surface area (Å²) in [5.74, 6) is 0. The van der Waals surface area contributed by atoms with Crippen LogP contribution in [0.25, 0.3) is 0 Å². The third-order valence-corrected chi connectivity index (χ3v) is 2.39. The molecule has 0 aliphatic heterocycles. The molecular formula is C5H12FO3P. The first-order valence-corrected chi connectivity index (χ1v) is 4.85. The van der Waals surface area contributed by atoms with Gasteiger partial charge in [0.15, 0.2) is 6.42 Å². The van der Waals surface area contributed by atoms with Crippen molar-refractivity contribution in [1.29, 1.82) is 0 Å². The van der Waals surface area contributed by atoms with Crippen molar-refractivity contribution in [2.75, 3.05) is 19.6 Å². The van der Waals surface area contributed by atoms with E-state index in [9.17, 15) is 8.96 Å². The van der Waals surface area contributed by atoms with Crippen molar-refractivity contribution in [3.8, 4) is 0 Å². The van der Waals surface area contributed by atoms with Crippen LogP contribution in [0.15, 0.2) is 0 Å². The van der Waals surface area contributed by atoms with Gasteiger partial charge in [0.25, 0.3) is 0 Å². The maximum atomic E-state index is 11.9. The van der Waals surface area contributed by atoms with E-state index in [-0.39, 0.29) is 13.2 Å². The van der Waals surface area contributed by atoms with Gasteiger partial charge in [0.1, 0.15) is 0 Å². The van der Waals surface area contributed by atoms with Gasteiger partial charge in [0.2, 0.25) is 0 Å². The lowest BCUT2D eigenvalue weighted by atomic mass is 10.9. The third-order valence-electron chi connectivity index (χ3n) is 0.798. The van der Waals surface area contributed by atoms with Crippen LogP contribution in [0.4, 0.5) is 4.39 Å². The number of alkyl halides is 1. The van der Waals surface area contributed by atoms with Crippen LogP contribution in [-0.4, -0.2) is 19.6 Å². The second-order valence-corrected chi connectivity index (χ2v) is 3.54. The van der Waals surface area contributed by atoms with E-state index in [2.05, 4.69) is 9.05 Å². The molecule has 0 rings (SSSR count). The summed E-state index contributed by atoms with van der Waals surface area (Å²) in [5, 5.41) is 0. The molecular weight excluding hydrogens is 158 g/mol. The molecule has 0 amide bonds. The number of hydrogen-bond acceptors (Lipinski definition) is 3. The second-order valence-electron chi connectivity index (χ2n) is 1.57. The van der Waals surface area contributed by atoms with E-state index in [1.165, 1.54) is 0 Å². The minimum Gasteiger partial charge on any atom is -0.307 e. The average Bonchev–Trinajstić information content (AvgIpc) is 1.89. The predicted molar refractivity (Wildman–Crippen MR) is 36.8 cm³/mol. The van der Waals surface area contributed by atoms with Crippen molar-refractivity contribution in [3.63, 3.8) is 0 Å². The van der Waals surface area contributed by atoms with E-state index in [4.69, 9.17) is 0 Å². The highest BCUT2D eigenvalue weighted by molar-refractivity contribution is 7.53. The molecule has 0 radical (unpaired) electrons. The first kappa shape index (κ1) is 10.1. The summed E-state index contributed by atoms with van der Waals surface area (Å²) in [5.41, 5.74) is 0. The molecule has 3 nitrogen and oxygen atoms in total. The summed E-state index contributed by atoms with van der Waals surface area (Å²) in [6.07, 6.45) is -1.05. The summed E-state index contributed by atoms with van der Waals surface area (Å²) < 4.78 is 32.0. The van der Waals surface area contributed by atoms with Gasteiger partial charge in [-0.1, -0.05) is 0 Å². The lowest BCUT2D eigenvalue weighted by molar-refractivity contribution is 0.210. The van der Waals surface area contributed by atoms with Gasteiger partial charge in [-0.15, -0.1) is 0 Å². The van der Waals surface area contributed by atoms with Gasteiger partial charge in [0.05, 0.1) is 13.2 Å². The number of rotatable bonds is 5. The molecule has 0 saturated carbocycles. The van der Waals surface area contributed by atoms with E-state index < -0.39 is 14.0 Å². The van der Waals surface area contributed by atoms with Crippen molar-refractivity contribution in [2.24, 2.45) is 0 Å². The first-order valence-electron chi connectivity index (χ1n) is 3.12. The van der Waals surface area contributed by atoms with Crippen molar-refractivity contribution >= 4 is 7.60 Å². The van der Waals surface area contributed by atoms with Crippen molar-refractivity contribution in [3.05, 3.63) is 0 Å². The van der Waals surface area contributed by atoms with Gasteiger partial charge in [-0.25, -0.2) is 4.39 Å². The molecule has 0 aromatic heterocycles. The molecule has 0 aliphatic carbocycles. The molecule has 0 bridgehead atoms. The molecule has 0 aliphatic rings. The van der Waals surface area contributed by atoms with E-state index in [1.54, 1.807) is 13.8 Å². The highest BCUT2D eigenvalue weighted by Gasteiger charge is 2.22. The zero-order chi connectivity index (χ0) is 8.04. The number of hydrogen-bond donors (Lipinski definition) is 0. The van der Waals surface area contributed by atoms with E-state index >= 15 is 0 Å². The first-order chi connectivity index (χ1) is 4.68. The van der Waals surface area contributed by atoms with Crippen LogP contribution in [0.3, 0.4) is 0 Å². The molecule has 0 unspecified atom stereocenters. The minimum absolute atomic E-state index is 0.210. The zero-order valence-electron chi connectivity index (χ0n) is 6.17.